The molecule has 0 heterocycles. The lowest BCUT2D eigenvalue weighted by atomic mass is 10.2. The summed E-state index contributed by atoms with van der Waals surface area (Å²) in [5.74, 6) is 4.50. The number of rotatable bonds is 0. The van der Waals surface area contributed by atoms with Crippen molar-refractivity contribution < 1.29 is 4.39 Å². The van der Waals surface area contributed by atoms with Gasteiger partial charge in [0.2, 0.25) is 0 Å². The molecule has 0 saturated heterocycles. The molecule has 2 heteroatoms. The van der Waals surface area contributed by atoms with Gasteiger partial charge in [-0.25, -0.2) is 0 Å². The fourth-order valence-corrected chi connectivity index (χ4v) is 0.702. The van der Waals surface area contributed by atoms with Crippen LogP contribution >= 0.6 is 11.6 Å². The Kier molecular flexibility index (Phi) is 2.13. The molecular weight excluding hydrogens is 151 g/mol. The maximum Gasteiger partial charge on any atom is 0.173 e. The fourth-order valence-electron chi connectivity index (χ4n) is 0.585. The summed E-state index contributed by atoms with van der Waals surface area (Å²) in [5, 5.41) is 0.583. The standard InChI is InChI=1S/C8H6ClF/c1-6-2-3-7(10)4-5-8(6)9/h4-6H,1H3. The molecule has 0 aromatic heterocycles. The van der Waals surface area contributed by atoms with Gasteiger partial charge in [-0.15, -0.1) is 0 Å². The fraction of sp³-hybridized carbons (Fsp3) is 0.250. The van der Waals surface area contributed by atoms with Crippen molar-refractivity contribution in [2.24, 2.45) is 5.92 Å². The maximum absolute atomic E-state index is 12.4. The molecule has 0 N–H and O–H groups in total. The first kappa shape index (κ1) is 7.37. The van der Waals surface area contributed by atoms with E-state index in [-0.39, 0.29) is 5.92 Å². The summed E-state index contributed by atoms with van der Waals surface area (Å²) < 4.78 is 12.4. The van der Waals surface area contributed by atoms with Gasteiger partial charge in [0.25, 0.3) is 0 Å². The largest absolute Gasteiger partial charge is 0.197 e. The molecule has 0 nitrogen and oxygen atoms in total. The van der Waals surface area contributed by atoms with Crippen LogP contribution in [0.3, 0.4) is 0 Å². The second-order valence-electron chi connectivity index (χ2n) is 2.06. The van der Waals surface area contributed by atoms with Crippen LogP contribution in [0.2, 0.25) is 0 Å². The van der Waals surface area contributed by atoms with E-state index in [9.17, 15) is 4.39 Å². The zero-order valence-corrected chi connectivity index (χ0v) is 6.24. The molecule has 0 aromatic rings. The van der Waals surface area contributed by atoms with E-state index in [1.54, 1.807) is 0 Å². The van der Waals surface area contributed by atoms with Crippen molar-refractivity contribution in [1.29, 1.82) is 0 Å². The SMILES string of the molecule is CC1C#CC(F)=CC=C1Cl. The van der Waals surface area contributed by atoms with E-state index in [2.05, 4.69) is 11.8 Å². The minimum atomic E-state index is -0.428. The molecule has 0 saturated carbocycles. The Labute approximate surface area is 64.4 Å². The lowest BCUT2D eigenvalue weighted by Crippen LogP contribution is -1.86. The Morgan fingerprint density at radius 1 is 1.60 bits per heavy atom. The Balaban J connectivity index is 2.95. The smallest absolute Gasteiger partial charge is 0.173 e. The van der Waals surface area contributed by atoms with Crippen LogP contribution in [0.4, 0.5) is 4.39 Å². The first-order valence-electron chi connectivity index (χ1n) is 2.94. The summed E-state index contributed by atoms with van der Waals surface area (Å²) in [7, 11) is 0. The highest BCUT2D eigenvalue weighted by Crippen LogP contribution is 2.17. The summed E-state index contributed by atoms with van der Waals surface area (Å²) in [5.41, 5.74) is 0. The molecule has 1 unspecified atom stereocenters. The van der Waals surface area contributed by atoms with Gasteiger partial charge in [-0.05, 0) is 25.0 Å². The monoisotopic (exact) mass is 156 g/mol. The highest BCUT2D eigenvalue weighted by molar-refractivity contribution is 6.30. The minimum Gasteiger partial charge on any atom is -0.197 e. The average Bonchev–Trinajstić information content (AvgIpc) is 2.04. The van der Waals surface area contributed by atoms with E-state index >= 15 is 0 Å². The van der Waals surface area contributed by atoms with E-state index in [0.29, 0.717) is 5.03 Å². The van der Waals surface area contributed by atoms with Gasteiger partial charge in [0.1, 0.15) is 0 Å². The number of hydrogen-bond donors (Lipinski definition) is 0. The number of halogens is 2. The Morgan fingerprint density at radius 2 is 2.30 bits per heavy atom. The van der Waals surface area contributed by atoms with Crippen molar-refractivity contribution in [3.05, 3.63) is 23.0 Å². The molecule has 0 spiro atoms. The maximum atomic E-state index is 12.4. The van der Waals surface area contributed by atoms with Crippen LogP contribution in [0.15, 0.2) is 23.0 Å². The summed E-state index contributed by atoms with van der Waals surface area (Å²) in [6.07, 6.45) is 2.80. The summed E-state index contributed by atoms with van der Waals surface area (Å²) in [6, 6.07) is 0. The van der Waals surface area contributed by atoms with Crippen molar-refractivity contribution in [2.45, 2.75) is 6.92 Å². The quantitative estimate of drug-likeness (QED) is 0.473. The normalized spacial score (nSPS) is 23.7. The molecule has 0 aromatic carbocycles. The first-order chi connectivity index (χ1) is 4.70. The first-order valence-corrected chi connectivity index (χ1v) is 3.32. The third kappa shape index (κ3) is 1.62. The van der Waals surface area contributed by atoms with Gasteiger partial charge < -0.3 is 0 Å². The molecule has 52 valence electrons. The van der Waals surface area contributed by atoms with Crippen molar-refractivity contribution in [2.75, 3.05) is 0 Å². The molecule has 10 heavy (non-hydrogen) atoms. The lowest BCUT2D eigenvalue weighted by molar-refractivity contribution is 0.676. The van der Waals surface area contributed by atoms with Gasteiger partial charge in [0.05, 0.1) is 5.92 Å². The topological polar surface area (TPSA) is 0 Å². The van der Waals surface area contributed by atoms with Crippen LogP contribution in [0.5, 0.6) is 0 Å². The van der Waals surface area contributed by atoms with Crippen LogP contribution in [0, 0.1) is 17.8 Å². The van der Waals surface area contributed by atoms with Gasteiger partial charge in [-0.1, -0.05) is 17.5 Å². The van der Waals surface area contributed by atoms with Crippen molar-refractivity contribution in [3.63, 3.8) is 0 Å². The number of hydrogen-bond acceptors (Lipinski definition) is 0. The molecule has 1 aliphatic rings. The Bertz CT molecular complexity index is 252. The van der Waals surface area contributed by atoms with Crippen LogP contribution in [-0.4, -0.2) is 0 Å². The van der Waals surface area contributed by atoms with E-state index in [4.69, 9.17) is 11.6 Å². The van der Waals surface area contributed by atoms with Crippen molar-refractivity contribution in [1.82, 2.24) is 0 Å². The molecule has 1 atom stereocenters. The second kappa shape index (κ2) is 2.90. The van der Waals surface area contributed by atoms with Gasteiger partial charge in [0.15, 0.2) is 5.83 Å². The van der Waals surface area contributed by atoms with E-state index < -0.39 is 5.83 Å². The summed E-state index contributed by atoms with van der Waals surface area (Å²) >= 11 is 5.68. The highest BCUT2D eigenvalue weighted by atomic mass is 35.5. The molecule has 0 amide bonds. The van der Waals surface area contributed by atoms with Gasteiger partial charge in [-0.2, -0.15) is 4.39 Å². The van der Waals surface area contributed by atoms with Crippen LogP contribution < -0.4 is 0 Å². The highest BCUT2D eigenvalue weighted by Gasteiger charge is 2.03. The Morgan fingerprint density at radius 3 is 3.00 bits per heavy atom. The Hall–Kier alpha value is -0.740. The molecule has 0 radical (unpaired) electrons. The van der Waals surface area contributed by atoms with Crippen LogP contribution in [0.1, 0.15) is 6.92 Å². The number of allylic oxidation sites excluding steroid dienone is 4. The summed E-state index contributed by atoms with van der Waals surface area (Å²) in [6.45, 7) is 1.83. The van der Waals surface area contributed by atoms with Gasteiger partial charge in [0, 0.05) is 5.03 Å². The van der Waals surface area contributed by atoms with Gasteiger partial charge in [-0.3, -0.25) is 0 Å². The zero-order chi connectivity index (χ0) is 7.56. The van der Waals surface area contributed by atoms with Gasteiger partial charge >= 0.3 is 0 Å². The summed E-state index contributed by atoms with van der Waals surface area (Å²) in [4.78, 5) is 0. The predicted octanol–water partition coefficient (Wildman–Crippen LogP) is 2.62. The third-order valence-electron chi connectivity index (χ3n) is 1.21. The minimum absolute atomic E-state index is 0.0498. The molecule has 1 aliphatic carbocycles. The van der Waals surface area contributed by atoms with E-state index in [1.807, 2.05) is 6.92 Å². The molecular formula is C8H6ClF. The second-order valence-corrected chi connectivity index (χ2v) is 2.49. The van der Waals surface area contributed by atoms with E-state index in [1.165, 1.54) is 12.2 Å². The van der Waals surface area contributed by atoms with Crippen LogP contribution in [-0.2, 0) is 0 Å². The molecule has 1 rings (SSSR count). The lowest BCUT2D eigenvalue weighted by Gasteiger charge is -1.96. The predicted molar refractivity (Wildman–Crippen MR) is 40.1 cm³/mol. The molecule has 0 bridgehead atoms. The average molecular weight is 157 g/mol. The molecule has 0 fully saturated rings. The third-order valence-corrected chi connectivity index (χ3v) is 1.66. The van der Waals surface area contributed by atoms with E-state index in [0.717, 1.165) is 0 Å². The van der Waals surface area contributed by atoms with Crippen LogP contribution in [0.25, 0.3) is 0 Å². The zero-order valence-electron chi connectivity index (χ0n) is 5.49. The molecule has 0 aliphatic heterocycles. The van der Waals surface area contributed by atoms with Crippen molar-refractivity contribution >= 4 is 11.6 Å². The van der Waals surface area contributed by atoms with Crippen molar-refractivity contribution in [3.8, 4) is 11.8 Å².